The monoisotopic (exact) mass is 965 g/mol. The van der Waals surface area contributed by atoms with Crippen LogP contribution in [0.25, 0.3) is 11.3 Å². The van der Waals surface area contributed by atoms with Gasteiger partial charge in [-0.05, 0) is 90.5 Å². The summed E-state index contributed by atoms with van der Waals surface area (Å²) in [5, 5.41) is 24.1. The summed E-state index contributed by atoms with van der Waals surface area (Å²) in [4.78, 5) is 65.6. The Morgan fingerprint density at radius 1 is 1.01 bits per heavy atom. The van der Waals surface area contributed by atoms with Gasteiger partial charge in [0.25, 0.3) is 5.72 Å². The number of ketones is 1. The number of nitrogen functional groups attached to an aromatic ring is 2. The second-order valence-electron chi connectivity index (χ2n) is 19.5. The summed E-state index contributed by atoms with van der Waals surface area (Å²) in [5.74, 6) is -3.96. The minimum atomic E-state index is -1.98. The highest BCUT2D eigenvalue weighted by Gasteiger charge is 2.63. The first-order valence-electron chi connectivity index (χ1n) is 24.4. The lowest BCUT2D eigenvalue weighted by molar-refractivity contribution is -0.298. The Labute approximate surface area is 403 Å². The van der Waals surface area contributed by atoms with E-state index in [0.29, 0.717) is 76.5 Å². The molecule has 1 amide bonds. The summed E-state index contributed by atoms with van der Waals surface area (Å²) in [5.41, 5.74) is 10.2. The zero-order chi connectivity index (χ0) is 49.8. The molecule has 4 aliphatic rings. The Bertz CT molecular complexity index is 2310. The van der Waals surface area contributed by atoms with E-state index in [4.69, 9.17) is 39.9 Å². The number of carbonyl (C=O) groups excluding carboxylic acids is 3. The third-order valence-corrected chi connectivity index (χ3v) is 14.5. The maximum atomic E-state index is 14.8. The highest BCUT2D eigenvalue weighted by Crippen LogP contribution is 2.43. The minimum absolute atomic E-state index is 0.0528. The first-order chi connectivity index (χ1) is 32.9. The number of Topliss-reactive ketones (excluding diaryl/α,β-unsaturated/α-hetero) is 1. The number of aliphatic hydroxyl groups is 1. The number of benzene rings is 1. The fourth-order valence-electron chi connectivity index (χ4n) is 10.8. The van der Waals surface area contributed by atoms with Crippen LogP contribution < -0.4 is 22.5 Å². The number of aliphatic hydroxyl groups excluding tert-OH is 1. The summed E-state index contributed by atoms with van der Waals surface area (Å²) >= 11 is 0. The fourth-order valence-corrected chi connectivity index (χ4v) is 10.8. The smallest absolute Gasteiger partial charge is 0.412 e. The molecule has 7 rings (SSSR count). The molecule has 4 aliphatic heterocycles. The lowest BCUT2D eigenvalue weighted by Crippen LogP contribution is -2.65. The van der Waals surface area contributed by atoms with E-state index in [0.717, 1.165) is 5.56 Å². The number of carbonyl (C=O) groups is 3. The van der Waals surface area contributed by atoms with Crippen molar-refractivity contribution in [2.75, 3.05) is 58.0 Å². The van der Waals surface area contributed by atoms with Crippen molar-refractivity contribution in [2.24, 2.45) is 17.8 Å². The van der Waals surface area contributed by atoms with Crippen LogP contribution in [-0.4, -0.2) is 158 Å². The van der Waals surface area contributed by atoms with Crippen molar-refractivity contribution in [1.29, 1.82) is 0 Å². The number of hydrogen-bond donors (Lipinski definition) is 4. The van der Waals surface area contributed by atoms with Gasteiger partial charge in [0, 0.05) is 68.7 Å². The highest BCUT2D eigenvalue weighted by atomic mass is 16.7. The molecule has 1 aromatic carbocycles. The molecule has 13 atom stereocenters. The second kappa shape index (κ2) is 21.9. The zero-order valence-corrected chi connectivity index (χ0v) is 41.2. The molecule has 69 heavy (non-hydrogen) atoms. The van der Waals surface area contributed by atoms with Crippen LogP contribution in [0, 0.1) is 17.8 Å². The lowest BCUT2D eigenvalue weighted by Gasteiger charge is -2.48. The average Bonchev–Trinajstić information content (AvgIpc) is 3.92. The molecule has 21 heteroatoms. The van der Waals surface area contributed by atoms with Gasteiger partial charge < -0.3 is 50.3 Å². The fraction of sp³-hybridized carbons (Fsp3) is 0.688. The summed E-state index contributed by atoms with van der Waals surface area (Å²) in [6.45, 7) is 16.0. The third-order valence-electron chi connectivity index (χ3n) is 14.5. The number of aromatic nitrogens is 5. The maximum Gasteiger partial charge on any atom is 0.412 e. The SMILES string of the molecule is CC[C@H]1OC(=O)[C@H](C)C(=O)[C@H](C)[C@@H](O[C@@H]2O[C@H](C)CC(N3CCOCC3)C2O)[C@](C)(OC)C[C@@H](C)CN[C@H](C)[C@H]2N(CCCCn3cc(-c4cccc(N)c4)nn3)C(=O)O[C@]12n1ccc(N)nc1=O. The first kappa shape index (κ1) is 51.8. The van der Waals surface area contributed by atoms with E-state index in [2.05, 4.69) is 25.5 Å². The molecule has 0 aliphatic carbocycles. The van der Waals surface area contributed by atoms with Crippen LogP contribution in [0.15, 0.2) is 47.5 Å². The molecule has 0 saturated carbocycles. The van der Waals surface area contributed by atoms with E-state index < -0.39 is 83.4 Å². The molecule has 21 nitrogen and oxygen atoms in total. The van der Waals surface area contributed by atoms with Crippen LogP contribution in [0.3, 0.4) is 0 Å². The summed E-state index contributed by atoms with van der Waals surface area (Å²) < 4.78 is 40.7. The van der Waals surface area contributed by atoms with Crippen molar-refractivity contribution in [3.8, 4) is 11.3 Å². The molecule has 4 fully saturated rings. The van der Waals surface area contributed by atoms with Gasteiger partial charge in [0.1, 0.15) is 29.6 Å². The van der Waals surface area contributed by atoms with Crippen molar-refractivity contribution >= 4 is 29.4 Å². The zero-order valence-electron chi connectivity index (χ0n) is 41.2. The Balaban J connectivity index is 1.20. The topological polar surface area (TPSA) is 263 Å². The van der Waals surface area contributed by atoms with E-state index in [9.17, 15) is 24.3 Å². The average molecular weight is 965 g/mol. The van der Waals surface area contributed by atoms with Gasteiger partial charge in [0.2, 0.25) is 0 Å². The quantitative estimate of drug-likeness (QED) is 0.0880. The number of aryl methyl sites for hydroxylation is 1. The van der Waals surface area contributed by atoms with Crippen molar-refractivity contribution in [3.05, 3.63) is 53.2 Å². The predicted molar refractivity (Wildman–Crippen MR) is 253 cm³/mol. The van der Waals surface area contributed by atoms with Gasteiger partial charge in [0.05, 0.1) is 37.2 Å². The number of nitrogens with two attached hydrogens (primary N) is 2. The molecule has 0 spiro atoms. The molecule has 6 N–H and O–H groups in total. The second-order valence-corrected chi connectivity index (χ2v) is 19.5. The molecule has 4 saturated heterocycles. The maximum absolute atomic E-state index is 14.8. The summed E-state index contributed by atoms with van der Waals surface area (Å²) in [6.07, 6.45) is -0.182. The summed E-state index contributed by atoms with van der Waals surface area (Å²) in [7, 11) is 1.55. The van der Waals surface area contributed by atoms with Crippen LogP contribution in [-0.2, 0) is 50.3 Å². The number of amides is 1. The standard InChI is InChI=1S/C48H72N10O11/c1-9-37-48(58-18-15-38(50)52-45(58)62)41(57(46(63)69-48)17-11-10-16-56-27-35(53-54-56)33-13-12-14-34(49)24-33)32(6)51-26-28(2)25-47(7,64-8)42(30(4)39(59)31(5)43(61)67-37)68-44-40(60)36(23-29(3)66-44)55-19-21-65-22-20-55/h12-15,18,24,27-32,36-37,40-42,44,51,60H,9-11,16-17,19-23,25-26,49H2,1-8H3,(H2,50,52,62)/t28-,29-,30+,31-,32-,36?,37-,40?,41-,42-,44+,47-,48-/m1/s1. The number of methoxy groups -OCH3 is 1. The number of nitrogens with one attached hydrogen (secondary N) is 1. The molecular formula is C48H72N10O11. The Kier molecular flexibility index (Phi) is 16.5. The van der Waals surface area contributed by atoms with Gasteiger partial charge in [-0.25, -0.2) is 9.59 Å². The van der Waals surface area contributed by atoms with Crippen LogP contribution in [0.1, 0.15) is 80.6 Å². The van der Waals surface area contributed by atoms with Gasteiger partial charge in [-0.1, -0.05) is 38.1 Å². The van der Waals surface area contributed by atoms with Gasteiger partial charge in [0.15, 0.2) is 18.2 Å². The molecule has 380 valence electrons. The van der Waals surface area contributed by atoms with E-state index in [1.165, 1.54) is 23.8 Å². The Hall–Kier alpha value is -5.03. The molecule has 2 aromatic heterocycles. The number of fused-ring (bicyclic) bond motifs is 1. The van der Waals surface area contributed by atoms with Crippen molar-refractivity contribution in [1.82, 2.24) is 39.7 Å². The van der Waals surface area contributed by atoms with E-state index in [1.807, 2.05) is 52.1 Å². The Morgan fingerprint density at radius 3 is 2.45 bits per heavy atom. The number of cyclic esters (lactones) is 1. The van der Waals surface area contributed by atoms with Crippen LogP contribution in [0.5, 0.6) is 0 Å². The van der Waals surface area contributed by atoms with Gasteiger partial charge in [-0.3, -0.25) is 28.6 Å². The number of nitrogens with zero attached hydrogens (tertiary/aromatic N) is 7. The molecule has 0 radical (unpaired) electrons. The largest absolute Gasteiger partial charge is 0.455 e. The van der Waals surface area contributed by atoms with Crippen LogP contribution in [0.2, 0.25) is 0 Å². The number of ether oxygens (including phenoxy) is 6. The van der Waals surface area contributed by atoms with Crippen molar-refractivity contribution in [3.63, 3.8) is 0 Å². The van der Waals surface area contributed by atoms with E-state index >= 15 is 0 Å². The number of hydrogen-bond acceptors (Lipinski definition) is 18. The van der Waals surface area contributed by atoms with Crippen molar-refractivity contribution in [2.45, 2.75) is 147 Å². The van der Waals surface area contributed by atoms with Gasteiger partial charge in [-0.2, -0.15) is 4.98 Å². The predicted octanol–water partition coefficient (Wildman–Crippen LogP) is 2.79. The Morgan fingerprint density at radius 2 is 1.75 bits per heavy atom. The molecule has 0 bridgehead atoms. The van der Waals surface area contributed by atoms with E-state index in [-0.39, 0.29) is 36.8 Å². The third kappa shape index (κ3) is 11.0. The van der Waals surface area contributed by atoms with Crippen LogP contribution >= 0.6 is 0 Å². The lowest BCUT2D eigenvalue weighted by atomic mass is 9.78. The first-order valence-corrected chi connectivity index (χ1v) is 24.4. The van der Waals surface area contributed by atoms with E-state index in [1.54, 1.807) is 36.6 Å². The number of rotatable bonds is 12. The normalized spacial score (nSPS) is 34.4. The van der Waals surface area contributed by atoms with Crippen LogP contribution in [0.4, 0.5) is 16.3 Å². The van der Waals surface area contributed by atoms with Gasteiger partial charge >= 0.3 is 17.8 Å². The van der Waals surface area contributed by atoms with Crippen molar-refractivity contribution < 1.29 is 47.9 Å². The highest BCUT2D eigenvalue weighted by molar-refractivity contribution is 6.00. The number of esters is 1. The number of unbranched alkanes of at least 4 members (excludes halogenated alkanes) is 1. The van der Waals surface area contributed by atoms with Gasteiger partial charge in [-0.15, -0.1) is 5.10 Å². The minimum Gasteiger partial charge on any atom is -0.455 e. The molecule has 2 unspecified atom stereocenters. The molecular weight excluding hydrogens is 893 g/mol. The number of anilines is 2. The molecule has 3 aromatic rings. The number of morpholine rings is 1. The molecule has 6 heterocycles. The summed E-state index contributed by atoms with van der Waals surface area (Å²) in [6, 6.07) is 6.95.